The lowest BCUT2D eigenvalue weighted by molar-refractivity contribution is -0.161. The van der Waals surface area contributed by atoms with Crippen LogP contribution in [-0.4, -0.2) is 63.4 Å². The molecule has 194 valence electrons. The van der Waals surface area contributed by atoms with Crippen LogP contribution in [0, 0.1) is 11.3 Å². The van der Waals surface area contributed by atoms with Gasteiger partial charge >= 0.3 is 6.18 Å². The zero-order valence-corrected chi connectivity index (χ0v) is 20.7. The fourth-order valence-corrected chi connectivity index (χ4v) is 4.75. The number of carbonyl (C=O) groups excluding carboxylic acids is 3. The molecule has 2 heterocycles. The van der Waals surface area contributed by atoms with Gasteiger partial charge in [-0.15, -0.1) is 0 Å². The molecule has 0 spiro atoms. The summed E-state index contributed by atoms with van der Waals surface area (Å²) in [4.78, 5) is 42.4. The number of halogens is 3. The monoisotopic (exact) mass is 497 g/mol. The molecule has 0 bridgehead atoms. The second-order valence-corrected chi connectivity index (χ2v) is 11.1. The van der Waals surface area contributed by atoms with Gasteiger partial charge in [0.1, 0.15) is 12.1 Å². The van der Waals surface area contributed by atoms with E-state index in [9.17, 15) is 32.7 Å². The molecular weight excluding hydrogens is 463 g/mol. The minimum Gasteiger partial charge on any atom is -0.389 e. The van der Waals surface area contributed by atoms with Gasteiger partial charge < -0.3 is 20.2 Å². The van der Waals surface area contributed by atoms with Gasteiger partial charge in [0.25, 0.3) is 0 Å². The van der Waals surface area contributed by atoms with Crippen LogP contribution in [0.2, 0.25) is 0 Å². The number of aliphatic hydroxyl groups is 1. The molecule has 0 aliphatic carbocycles. The van der Waals surface area contributed by atoms with Crippen LogP contribution >= 0.6 is 0 Å². The number of rotatable bonds is 6. The Morgan fingerprint density at radius 2 is 1.71 bits per heavy atom. The number of fused-ring (bicyclic) bond motifs is 1. The Kier molecular flexibility index (Phi) is 7.55. The van der Waals surface area contributed by atoms with Crippen LogP contribution < -0.4 is 5.32 Å². The zero-order chi connectivity index (χ0) is 26.3. The van der Waals surface area contributed by atoms with Gasteiger partial charge in [0, 0.05) is 19.5 Å². The molecule has 2 aliphatic rings. The van der Waals surface area contributed by atoms with Crippen molar-refractivity contribution in [3.05, 3.63) is 35.4 Å². The maximum Gasteiger partial charge on any atom is 0.416 e. The molecule has 2 aliphatic heterocycles. The summed E-state index contributed by atoms with van der Waals surface area (Å²) in [5.74, 6) is -1.03. The van der Waals surface area contributed by atoms with Crippen LogP contribution in [0.25, 0.3) is 0 Å². The number of nitrogens with zero attached hydrogens (tertiary/aromatic N) is 2. The van der Waals surface area contributed by atoms with Gasteiger partial charge in [-0.2, -0.15) is 13.2 Å². The minimum absolute atomic E-state index is 0.0524. The summed E-state index contributed by atoms with van der Waals surface area (Å²) in [6.45, 7) is 9.37. The number of piperazine rings is 1. The highest BCUT2D eigenvalue weighted by Crippen LogP contribution is 2.33. The summed E-state index contributed by atoms with van der Waals surface area (Å²) in [6, 6.07) is 1.65. The summed E-state index contributed by atoms with van der Waals surface area (Å²) in [6.07, 6.45) is -5.04. The number of nitrogens with one attached hydrogen (secondary N) is 1. The van der Waals surface area contributed by atoms with Crippen LogP contribution in [0.3, 0.4) is 0 Å². The summed E-state index contributed by atoms with van der Waals surface area (Å²) in [5.41, 5.74) is -0.655. The molecule has 2 saturated heterocycles. The van der Waals surface area contributed by atoms with Crippen LogP contribution in [-0.2, 0) is 27.1 Å². The third-order valence-corrected chi connectivity index (χ3v) is 6.30. The Hall–Kier alpha value is -2.62. The summed E-state index contributed by atoms with van der Waals surface area (Å²) in [7, 11) is 0. The third kappa shape index (κ3) is 6.15. The van der Waals surface area contributed by atoms with Gasteiger partial charge in [-0.1, -0.05) is 46.8 Å². The van der Waals surface area contributed by atoms with Crippen molar-refractivity contribution in [1.29, 1.82) is 0 Å². The molecule has 2 N–H and O–H groups in total. The Morgan fingerprint density at radius 1 is 1.11 bits per heavy atom. The fraction of sp³-hybridized carbons (Fsp3) is 0.640. The Balaban J connectivity index is 1.89. The lowest BCUT2D eigenvalue weighted by atomic mass is 9.91. The summed E-state index contributed by atoms with van der Waals surface area (Å²) >= 11 is 0. The summed E-state index contributed by atoms with van der Waals surface area (Å²) in [5, 5.41) is 13.4. The van der Waals surface area contributed by atoms with Gasteiger partial charge in [-0.3, -0.25) is 14.4 Å². The molecule has 2 fully saturated rings. The molecule has 0 unspecified atom stereocenters. The molecular formula is C25H34F3N3O4. The van der Waals surface area contributed by atoms with Crippen molar-refractivity contribution in [1.82, 2.24) is 15.1 Å². The smallest absolute Gasteiger partial charge is 0.389 e. The Labute approximate surface area is 203 Å². The van der Waals surface area contributed by atoms with Crippen molar-refractivity contribution >= 4 is 17.7 Å². The molecule has 0 radical (unpaired) electrons. The van der Waals surface area contributed by atoms with Gasteiger partial charge in [0.2, 0.25) is 17.7 Å². The second kappa shape index (κ2) is 9.79. The standard InChI is InChI=1S/C25H34F3N3O4/c1-14(2)10-17-22(34)31-13-18(32)20(29-19(33)11-24(3,4)5)21(31)23(35)30(17)12-15-6-8-16(9-7-15)25(26,27)28/h6-9,14,17-18,20-21,32H,10-13H2,1-5H3,(H,29,33)/t17-,18-,20+,21-/m0/s1. The lowest BCUT2D eigenvalue weighted by Gasteiger charge is -2.44. The van der Waals surface area contributed by atoms with E-state index in [-0.39, 0.29) is 42.7 Å². The van der Waals surface area contributed by atoms with E-state index in [0.717, 1.165) is 12.1 Å². The van der Waals surface area contributed by atoms with E-state index >= 15 is 0 Å². The van der Waals surface area contributed by atoms with E-state index in [1.807, 2.05) is 34.6 Å². The first kappa shape index (κ1) is 27.0. The van der Waals surface area contributed by atoms with Crippen molar-refractivity contribution in [2.24, 2.45) is 11.3 Å². The third-order valence-electron chi connectivity index (χ3n) is 6.30. The molecule has 35 heavy (non-hydrogen) atoms. The average Bonchev–Trinajstić information content (AvgIpc) is 3.03. The fourth-order valence-electron chi connectivity index (χ4n) is 4.75. The highest BCUT2D eigenvalue weighted by molar-refractivity contribution is 5.98. The van der Waals surface area contributed by atoms with Gasteiger partial charge in [-0.05, 0) is 35.4 Å². The van der Waals surface area contributed by atoms with Gasteiger partial charge in [0.15, 0.2) is 0 Å². The molecule has 0 aromatic heterocycles. The highest BCUT2D eigenvalue weighted by atomic mass is 19.4. The molecule has 10 heteroatoms. The number of aliphatic hydroxyl groups excluding tert-OH is 1. The average molecular weight is 498 g/mol. The number of hydrogen-bond acceptors (Lipinski definition) is 4. The SMILES string of the molecule is CC(C)C[C@H]1C(=O)N2C[C@H](O)[C@@H](NC(=O)CC(C)(C)C)[C@H]2C(=O)N1Cc1ccc(C(F)(F)F)cc1. The van der Waals surface area contributed by atoms with Crippen molar-refractivity contribution in [2.75, 3.05) is 6.54 Å². The van der Waals surface area contributed by atoms with Gasteiger partial charge in [-0.25, -0.2) is 0 Å². The molecule has 0 saturated carbocycles. The van der Waals surface area contributed by atoms with Crippen molar-refractivity contribution in [3.8, 4) is 0 Å². The Morgan fingerprint density at radius 3 is 2.23 bits per heavy atom. The highest BCUT2D eigenvalue weighted by Gasteiger charge is 2.55. The van der Waals surface area contributed by atoms with E-state index < -0.39 is 41.9 Å². The molecule has 3 rings (SSSR count). The largest absolute Gasteiger partial charge is 0.416 e. The lowest BCUT2D eigenvalue weighted by Crippen LogP contribution is -2.66. The van der Waals surface area contributed by atoms with E-state index in [2.05, 4.69) is 5.32 Å². The van der Waals surface area contributed by atoms with Crippen LogP contribution in [0.4, 0.5) is 13.2 Å². The van der Waals surface area contributed by atoms with Crippen molar-refractivity contribution < 1.29 is 32.7 Å². The first-order valence-electron chi connectivity index (χ1n) is 11.8. The van der Waals surface area contributed by atoms with Crippen molar-refractivity contribution in [3.63, 3.8) is 0 Å². The normalized spacial score (nSPS) is 25.3. The topological polar surface area (TPSA) is 90.0 Å². The number of carbonyl (C=O) groups is 3. The number of alkyl halides is 3. The van der Waals surface area contributed by atoms with Crippen LogP contribution in [0.1, 0.15) is 58.6 Å². The molecule has 1 aromatic carbocycles. The number of hydrogen-bond donors (Lipinski definition) is 2. The molecule has 4 atom stereocenters. The van der Waals surface area contributed by atoms with Crippen molar-refractivity contribution in [2.45, 2.75) is 84.4 Å². The number of benzene rings is 1. The second-order valence-electron chi connectivity index (χ2n) is 11.1. The van der Waals surface area contributed by atoms with E-state index in [1.165, 1.54) is 21.9 Å². The maximum atomic E-state index is 13.7. The van der Waals surface area contributed by atoms with Crippen LogP contribution in [0.5, 0.6) is 0 Å². The van der Waals surface area contributed by atoms with Crippen LogP contribution in [0.15, 0.2) is 24.3 Å². The van der Waals surface area contributed by atoms with E-state index in [0.29, 0.717) is 12.0 Å². The summed E-state index contributed by atoms with van der Waals surface area (Å²) < 4.78 is 38.9. The zero-order valence-electron chi connectivity index (χ0n) is 20.7. The first-order chi connectivity index (χ1) is 16.1. The molecule has 3 amide bonds. The Bertz CT molecular complexity index is 956. The minimum atomic E-state index is -4.48. The maximum absolute atomic E-state index is 13.7. The number of amides is 3. The molecule has 7 nitrogen and oxygen atoms in total. The first-order valence-corrected chi connectivity index (χ1v) is 11.8. The predicted molar refractivity (Wildman–Crippen MR) is 123 cm³/mol. The quantitative estimate of drug-likeness (QED) is 0.633. The van der Waals surface area contributed by atoms with E-state index in [1.54, 1.807) is 0 Å². The van der Waals surface area contributed by atoms with E-state index in [4.69, 9.17) is 0 Å². The predicted octanol–water partition coefficient (Wildman–Crippen LogP) is 2.96. The van der Waals surface area contributed by atoms with Gasteiger partial charge in [0.05, 0.1) is 17.7 Å². The molecule has 1 aromatic rings.